The fourth-order valence-electron chi connectivity index (χ4n) is 1.73. The van der Waals surface area contributed by atoms with E-state index in [1.165, 1.54) is 0 Å². The molecule has 0 unspecified atom stereocenters. The molecule has 18 heavy (non-hydrogen) atoms. The first-order chi connectivity index (χ1) is 8.58. The van der Waals surface area contributed by atoms with Crippen molar-refractivity contribution < 1.29 is 4.79 Å². The van der Waals surface area contributed by atoms with Crippen LogP contribution in [0.15, 0.2) is 18.3 Å². The van der Waals surface area contributed by atoms with Crippen molar-refractivity contribution in [3.05, 3.63) is 29.7 Å². The minimum atomic E-state index is -0.0567. The van der Waals surface area contributed by atoms with Crippen molar-refractivity contribution >= 4 is 11.6 Å². The lowest BCUT2D eigenvalue weighted by atomic mass is 10.1. The van der Waals surface area contributed by atoms with Crippen molar-refractivity contribution in [3.8, 4) is 0 Å². The maximum Gasteiger partial charge on any atom is 0.251 e. The van der Waals surface area contributed by atoms with E-state index < -0.39 is 0 Å². The molecule has 96 valence electrons. The third kappa shape index (κ3) is 2.67. The van der Waals surface area contributed by atoms with Gasteiger partial charge in [0.2, 0.25) is 0 Å². The predicted molar refractivity (Wildman–Crippen MR) is 69.5 cm³/mol. The van der Waals surface area contributed by atoms with Crippen molar-refractivity contribution in [3.63, 3.8) is 0 Å². The Balaban J connectivity index is 2.08. The van der Waals surface area contributed by atoms with Crippen LogP contribution in [0.1, 0.15) is 36.5 Å². The summed E-state index contributed by atoms with van der Waals surface area (Å²) in [4.78, 5) is 11.9. The summed E-state index contributed by atoms with van der Waals surface area (Å²) in [7, 11) is 0. The smallest absolute Gasteiger partial charge is 0.251 e. The first-order valence-electron chi connectivity index (χ1n) is 6.17. The molecule has 0 radical (unpaired) electrons. The van der Waals surface area contributed by atoms with Gasteiger partial charge < -0.3 is 5.32 Å². The summed E-state index contributed by atoms with van der Waals surface area (Å²) in [5.74, 6) is 1.35. The maximum absolute atomic E-state index is 11.9. The molecule has 2 aromatic heterocycles. The molecule has 1 N–H and O–H groups in total. The van der Waals surface area contributed by atoms with Gasteiger partial charge in [0.1, 0.15) is 5.82 Å². The normalized spacial score (nSPS) is 11.1. The van der Waals surface area contributed by atoms with Gasteiger partial charge in [-0.2, -0.15) is 0 Å². The van der Waals surface area contributed by atoms with Crippen LogP contribution in [0.25, 0.3) is 5.65 Å². The third-order valence-electron chi connectivity index (χ3n) is 2.85. The zero-order chi connectivity index (χ0) is 13.1. The molecule has 0 bridgehead atoms. The Hall–Kier alpha value is -1.91. The molecule has 0 fully saturated rings. The Morgan fingerprint density at radius 1 is 1.44 bits per heavy atom. The summed E-state index contributed by atoms with van der Waals surface area (Å²) in [6.07, 6.45) is 2.81. The van der Waals surface area contributed by atoms with Crippen molar-refractivity contribution in [1.29, 1.82) is 0 Å². The highest BCUT2D eigenvalue weighted by molar-refractivity contribution is 5.94. The van der Waals surface area contributed by atoms with E-state index in [2.05, 4.69) is 29.4 Å². The van der Waals surface area contributed by atoms with Crippen molar-refractivity contribution in [2.45, 2.75) is 27.2 Å². The molecule has 0 saturated carbocycles. The Labute approximate surface area is 106 Å². The molecular weight excluding hydrogens is 228 g/mol. The molecule has 0 aromatic carbocycles. The van der Waals surface area contributed by atoms with Crippen molar-refractivity contribution in [2.24, 2.45) is 5.92 Å². The summed E-state index contributed by atoms with van der Waals surface area (Å²) in [6, 6.07) is 3.54. The Morgan fingerprint density at radius 3 is 2.94 bits per heavy atom. The number of carbonyl (C=O) groups excluding carboxylic acids is 1. The lowest BCUT2D eigenvalue weighted by Gasteiger charge is -2.07. The third-order valence-corrected chi connectivity index (χ3v) is 2.85. The van der Waals surface area contributed by atoms with Gasteiger partial charge in [0.15, 0.2) is 5.65 Å². The highest BCUT2D eigenvalue weighted by Gasteiger charge is 2.08. The molecule has 2 rings (SSSR count). The molecule has 0 aliphatic rings. The van der Waals surface area contributed by atoms with E-state index in [0.717, 1.165) is 12.2 Å². The molecule has 0 spiro atoms. The van der Waals surface area contributed by atoms with E-state index in [1.807, 2.05) is 17.5 Å². The van der Waals surface area contributed by atoms with Gasteiger partial charge in [-0.15, -0.1) is 10.2 Å². The molecule has 1 amide bonds. The van der Waals surface area contributed by atoms with Gasteiger partial charge >= 0.3 is 0 Å². The zero-order valence-electron chi connectivity index (χ0n) is 11.0. The zero-order valence-corrected chi connectivity index (χ0v) is 11.0. The number of amides is 1. The molecule has 5 nitrogen and oxygen atoms in total. The minimum absolute atomic E-state index is 0.0567. The van der Waals surface area contributed by atoms with Gasteiger partial charge in [-0.25, -0.2) is 0 Å². The first kappa shape index (κ1) is 12.5. The number of nitrogens with one attached hydrogen (secondary N) is 1. The Morgan fingerprint density at radius 2 is 2.22 bits per heavy atom. The summed E-state index contributed by atoms with van der Waals surface area (Å²) in [5.41, 5.74) is 1.32. The summed E-state index contributed by atoms with van der Waals surface area (Å²) in [6.45, 7) is 6.85. The van der Waals surface area contributed by atoms with Crippen LogP contribution >= 0.6 is 0 Å². The number of hydrogen-bond donors (Lipinski definition) is 1. The molecule has 2 aromatic rings. The average molecular weight is 246 g/mol. The lowest BCUT2D eigenvalue weighted by Crippen LogP contribution is -2.25. The number of aromatic nitrogens is 3. The number of carbonyl (C=O) groups is 1. The van der Waals surface area contributed by atoms with E-state index in [-0.39, 0.29) is 5.91 Å². The van der Waals surface area contributed by atoms with Crippen molar-refractivity contribution in [1.82, 2.24) is 19.9 Å². The SMILES string of the molecule is Cc1nnc2cc(C(=O)NCCC(C)C)ccn12. The standard InChI is InChI=1S/C13H18N4O/c1-9(2)4-6-14-13(18)11-5-7-17-10(3)15-16-12(17)8-11/h5,7-9H,4,6H2,1-3H3,(H,14,18). The summed E-state index contributed by atoms with van der Waals surface area (Å²) >= 11 is 0. The van der Waals surface area contributed by atoms with E-state index in [0.29, 0.717) is 23.7 Å². The maximum atomic E-state index is 11.9. The van der Waals surface area contributed by atoms with Gasteiger partial charge in [-0.1, -0.05) is 13.8 Å². The van der Waals surface area contributed by atoms with E-state index in [4.69, 9.17) is 0 Å². The second-order valence-electron chi connectivity index (χ2n) is 4.83. The molecule has 0 atom stereocenters. The Kier molecular flexibility index (Phi) is 3.60. The second kappa shape index (κ2) is 5.16. The molecule has 0 saturated heterocycles. The Bertz CT molecular complexity index is 559. The van der Waals surface area contributed by atoms with Crippen LogP contribution in [-0.4, -0.2) is 27.0 Å². The van der Waals surface area contributed by atoms with E-state index >= 15 is 0 Å². The number of hydrogen-bond acceptors (Lipinski definition) is 3. The van der Waals surface area contributed by atoms with Crippen LogP contribution in [-0.2, 0) is 0 Å². The number of aryl methyl sites for hydroxylation is 1. The van der Waals surface area contributed by atoms with Gasteiger partial charge in [-0.3, -0.25) is 9.20 Å². The monoisotopic (exact) mass is 246 g/mol. The van der Waals surface area contributed by atoms with Crippen molar-refractivity contribution in [2.75, 3.05) is 6.54 Å². The summed E-state index contributed by atoms with van der Waals surface area (Å²) < 4.78 is 1.85. The molecule has 2 heterocycles. The second-order valence-corrected chi connectivity index (χ2v) is 4.83. The van der Waals surface area contributed by atoms with Gasteiger partial charge in [-0.05, 0) is 31.4 Å². The van der Waals surface area contributed by atoms with Gasteiger partial charge in [0, 0.05) is 18.3 Å². The first-order valence-corrected chi connectivity index (χ1v) is 6.17. The highest BCUT2D eigenvalue weighted by Crippen LogP contribution is 2.07. The fourth-order valence-corrected chi connectivity index (χ4v) is 1.73. The van der Waals surface area contributed by atoms with Crippen LogP contribution in [0.3, 0.4) is 0 Å². The van der Waals surface area contributed by atoms with Crippen LogP contribution in [0.2, 0.25) is 0 Å². The molecular formula is C13H18N4O. The number of nitrogens with zero attached hydrogens (tertiary/aromatic N) is 3. The lowest BCUT2D eigenvalue weighted by molar-refractivity contribution is 0.0952. The summed E-state index contributed by atoms with van der Waals surface area (Å²) in [5, 5.41) is 10.9. The number of fused-ring (bicyclic) bond motifs is 1. The van der Waals surface area contributed by atoms with Gasteiger partial charge in [0.05, 0.1) is 0 Å². The average Bonchev–Trinajstić information content (AvgIpc) is 2.70. The van der Waals surface area contributed by atoms with Crippen LogP contribution < -0.4 is 5.32 Å². The number of pyridine rings is 1. The van der Waals surface area contributed by atoms with Gasteiger partial charge in [0.25, 0.3) is 5.91 Å². The highest BCUT2D eigenvalue weighted by atomic mass is 16.1. The molecule has 5 heteroatoms. The van der Waals surface area contributed by atoms with Crippen LogP contribution in [0, 0.1) is 12.8 Å². The molecule has 0 aliphatic heterocycles. The van der Waals surface area contributed by atoms with E-state index in [9.17, 15) is 4.79 Å². The topological polar surface area (TPSA) is 59.3 Å². The predicted octanol–water partition coefficient (Wildman–Crippen LogP) is 1.81. The van der Waals surface area contributed by atoms with Crippen LogP contribution in [0.5, 0.6) is 0 Å². The molecule has 0 aliphatic carbocycles. The minimum Gasteiger partial charge on any atom is -0.352 e. The van der Waals surface area contributed by atoms with Crippen LogP contribution in [0.4, 0.5) is 0 Å². The fraction of sp³-hybridized carbons (Fsp3) is 0.462. The largest absolute Gasteiger partial charge is 0.352 e. The number of rotatable bonds is 4. The van der Waals surface area contributed by atoms with E-state index in [1.54, 1.807) is 12.1 Å². The quantitative estimate of drug-likeness (QED) is 0.895.